The molecule has 1 saturated carbocycles. The summed E-state index contributed by atoms with van der Waals surface area (Å²) in [6.45, 7) is 5.36. The van der Waals surface area contributed by atoms with E-state index in [-0.39, 0.29) is 0 Å². The Labute approximate surface area is 108 Å². The summed E-state index contributed by atoms with van der Waals surface area (Å²) in [5.41, 5.74) is 0.315. The molecule has 98 valence electrons. The van der Waals surface area contributed by atoms with Gasteiger partial charge in [-0.3, -0.25) is 0 Å². The van der Waals surface area contributed by atoms with Gasteiger partial charge in [-0.05, 0) is 37.3 Å². The molecule has 1 aliphatic rings. The first kappa shape index (κ1) is 12.9. The number of anilines is 1. The van der Waals surface area contributed by atoms with Crippen LogP contribution in [0.5, 0.6) is 0 Å². The van der Waals surface area contributed by atoms with Crippen molar-refractivity contribution in [3.05, 3.63) is 23.9 Å². The number of hydrogen-bond donors (Lipinski definition) is 1. The van der Waals surface area contributed by atoms with Gasteiger partial charge in [0.2, 0.25) is 0 Å². The summed E-state index contributed by atoms with van der Waals surface area (Å²) in [7, 11) is 0. The summed E-state index contributed by atoms with van der Waals surface area (Å²) in [6.07, 6.45) is 5.08. The SMILES string of the molecule is CC(C)CCN(c1cc(C(=O)O)ccn1)C1CC1. The van der Waals surface area contributed by atoms with Crippen LogP contribution in [0.1, 0.15) is 43.5 Å². The molecule has 4 nitrogen and oxygen atoms in total. The molecule has 2 rings (SSSR count). The Hall–Kier alpha value is -1.58. The van der Waals surface area contributed by atoms with Crippen molar-refractivity contribution < 1.29 is 9.90 Å². The topological polar surface area (TPSA) is 53.4 Å². The van der Waals surface area contributed by atoms with E-state index in [9.17, 15) is 4.79 Å². The Morgan fingerprint density at radius 2 is 2.28 bits per heavy atom. The number of nitrogens with zero attached hydrogens (tertiary/aromatic N) is 2. The average Bonchev–Trinajstić information content (AvgIpc) is 3.14. The maximum Gasteiger partial charge on any atom is 0.335 e. The van der Waals surface area contributed by atoms with Crippen LogP contribution in [0.15, 0.2) is 18.3 Å². The second kappa shape index (κ2) is 5.38. The van der Waals surface area contributed by atoms with E-state index >= 15 is 0 Å². The van der Waals surface area contributed by atoms with Crippen molar-refractivity contribution in [1.82, 2.24) is 4.98 Å². The number of pyridine rings is 1. The van der Waals surface area contributed by atoms with E-state index in [1.54, 1.807) is 18.3 Å². The summed E-state index contributed by atoms with van der Waals surface area (Å²) in [5, 5.41) is 9.02. The first-order valence-electron chi connectivity index (χ1n) is 6.54. The summed E-state index contributed by atoms with van der Waals surface area (Å²) < 4.78 is 0. The molecule has 0 aliphatic heterocycles. The third-order valence-corrected chi connectivity index (χ3v) is 3.22. The molecule has 0 bridgehead atoms. The first-order chi connectivity index (χ1) is 8.58. The van der Waals surface area contributed by atoms with Gasteiger partial charge in [-0.15, -0.1) is 0 Å². The third kappa shape index (κ3) is 3.22. The van der Waals surface area contributed by atoms with Crippen LogP contribution >= 0.6 is 0 Å². The number of aromatic nitrogens is 1. The minimum atomic E-state index is -0.891. The number of carboxylic acid groups (broad SMARTS) is 1. The molecule has 0 saturated heterocycles. The van der Waals surface area contributed by atoms with Gasteiger partial charge in [0.05, 0.1) is 5.56 Å². The summed E-state index contributed by atoms with van der Waals surface area (Å²) >= 11 is 0. The zero-order valence-electron chi connectivity index (χ0n) is 11.0. The van der Waals surface area contributed by atoms with Crippen molar-refractivity contribution in [1.29, 1.82) is 0 Å². The molecule has 4 heteroatoms. The van der Waals surface area contributed by atoms with Gasteiger partial charge in [-0.2, -0.15) is 0 Å². The standard InChI is InChI=1S/C14H20N2O2/c1-10(2)6-8-16(12-3-4-12)13-9-11(14(17)18)5-7-15-13/h5,7,9-10,12H,3-4,6,8H2,1-2H3,(H,17,18). The largest absolute Gasteiger partial charge is 0.478 e. The highest BCUT2D eigenvalue weighted by molar-refractivity contribution is 5.88. The smallest absolute Gasteiger partial charge is 0.335 e. The van der Waals surface area contributed by atoms with E-state index < -0.39 is 5.97 Å². The van der Waals surface area contributed by atoms with Gasteiger partial charge in [0.1, 0.15) is 5.82 Å². The fourth-order valence-corrected chi connectivity index (χ4v) is 1.98. The van der Waals surface area contributed by atoms with Crippen LogP contribution in [0.25, 0.3) is 0 Å². The van der Waals surface area contributed by atoms with Crippen LogP contribution < -0.4 is 4.90 Å². The molecule has 0 atom stereocenters. The number of carboxylic acids is 1. The lowest BCUT2D eigenvalue weighted by Crippen LogP contribution is -2.28. The first-order valence-corrected chi connectivity index (χ1v) is 6.54. The highest BCUT2D eigenvalue weighted by Gasteiger charge is 2.30. The third-order valence-electron chi connectivity index (χ3n) is 3.22. The predicted molar refractivity (Wildman–Crippen MR) is 71.0 cm³/mol. The number of rotatable bonds is 6. The van der Waals surface area contributed by atoms with E-state index in [0.717, 1.165) is 18.8 Å². The Kier molecular flexibility index (Phi) is 3.84. The molecule has 1 aromatic rings. The molecule has 1 aromatic heterocycles. The molecular formula is C14H20N2O2. The molecule has 18 heavy (non-hydrogen) atoms. The minimum absolute atomic E-state index is 0.315. The normalized spacial score (nSPS) is 14.8. The van der Waals surface area contributed by atoms with E-state index in [1.165, 1.54) is 12.8 Å². The summed E-state index contributed by atoms with van der Waals surface area (Å²) in [5.74, 6) is 0.560. The molecule has 0 amide bonds. The van der Waals surface area contributed by atoms with Gasteiger partial charge in [0, 0.05) is 18.8 Å². The predicted octanol–water partition coefficient (Wildman–Crippen LogP) is 2.79. The minimum Gasteiger partial charge on any atom is -0.478 e. The molecular weight excluding hydrogens is 228 g/mol. The molecule has 0 aromatic carbocycles. The highest BCUT2D eigenvalue weighted by Crippen LogP contribution is 2.31. The molecule has 1 fully saturated rings. The fraction of sp³-hybridized carbons (Fsp3) is 0.571. The van der Waals surface area contributed by atoms with Crippen LogP contribution in [0.2, 0.25) is 0 Å². The van der Waals surface area contributed by atoms with Gasteiger partial charge in [0.15, 0.2) is 0 Å². The van der Waals surface area contributed by atoms with Crippen LogP contribution in [-0.2, 0) is 0 Å². The fourth-order valence-electron chi connectivity index (χ4n) is 1.98. The van der Waals surface area contributed by atoms with Crippen LogP contribution in [0.3, 0.4) is 0 Å². The molecule has 0 radical (unpaired) electrons. The van der Waals surface area contributed by atoms with Crippen molar-refractivity contribution >= 4 is 11.8 Å². The quantitative estimate of drug-likeness (QED) is 0.841. The van der Waals surface area contributed by atoms with Gasteiger partial charge in [0.25, 0.3) is 0 Å². The lowest BCUT2D eigenvalue weighted by atomic mass is 10.1. The Morgan fingerprint density at radius 1 is 1.56 bits per heavy atom. The van der Waals surface area contributed by atoms with Gasteiger partial charge >= 0.3 is 5.97 Å². The van der Waals surface area contributed by atoms with Crippen molar-refractivity contribution in [2.24, 2.45) is 5.92 Å². The van der Waals surface area contributed by atoms with Crippen LogP contribution in [0.4, 0.5) is 5.82 Å². The molecule has 1 heterocycles. The lowest BCUT2D eigenvalue weighted by Gasteiger charge is -2.24. The van der Waals surface area contributed by atoms with Crippen molar-refractivity contribution in [3.8, 4) is 0 Å². The maximum atomic E-state index is 11.0. The molecule has 1 aliphatic carbocycles. The highest BCUT2D eigenvalue weighted by atomic mass is 16.4. The van der Waals surface area contributed by atoms with Gasteiger partial charge in [-0.1, -0.05) is 13.8 Å². The second-order valence-corrected chi connectivity index (χ2v) is 5.31. The monoisotopic (exact) mass is 248 g/mol. The lowest BCUT2D eigenvalue weighted by molar-refractivity contribution is 0.0697. The molecule has 1 N–H and O–H groups in total. The van der Waals surface area contributed by atoms with Crippen LogP contribution in [0, 0.1) is 5.92 Å². The van der Waals surface area contributed by atoms with Crippen LogP contribution in [-0.4, -0.2) is 28.6 Å². The number of aromatic carboxylic acids is 1. The zero-order valence-corrected chi connectivity index (χ0v) is 11.0. The number of carbonyl (C=O) groups is 1. The summed E-state index contributed by atoms with van der Waals surface area (Å²) in [6, 6.07) is 3.78. The van der Waals surface area contributed by atoms with Crippen molar-refractivity contribution in [2.45, 2.75) is 39.2 Å². The van der Waals surface area contributed by atoms with E-state index in [0.29, 0.717) is 17.5 Å². The Morgan fingerprint density at radius 3 is 2.83 bits per heavy atom. The zero-order chi connectivity index (χ0) is 13.1. The van der Waals surface area contributed by atoms with E-state index in [1.807, 2.05) is 0 Å². The van der Waals surface area contributed by atoms with Gasteiger partial charge < -0.3 is 10.0 Å². The molecule has 0 spiro atoms. The van der Waals surface area contributed by atoms with E-state index in [4.69, 9.17) is 5.11 Å². The van der Waals surface area contributed by atoms with Crippen molar-refractivity contribution in [2.75, 3.05) is 11.4 Å². The number of hydrogen-bond acceptors (Lipinski definition) is 3. The van der Waals surface area contributed by atoms with Crippen molar-refractivity contribution in [3.63, 3.8) is 0 Å². The Balaban J connectivity index is 2.14. The summed E-state index contributed by atoms with van der Waals surface area (Å²) in [4.78, 5) is 17.6. The van der Waals surface area contributed by atoms with Gasteiger partial charge in [-0.25, -0.2) is 9.78 Å². The second-order valence-electron chi connectivity index (χ2n) is 5.31. The average molecular weight is 248 g/mol. The van der Waals surface area contributed by atoms with E-state index in [2.05, 4.69) is 23.7 Å². The maximum absolute atomic E-state index is 11.0. The molecule has 0 unspecified atom stereocenters. The Bertz CT molecular complexity index is 428.